The van der Waals surface area contributed by atoms with E-state index in [-0.39, 0.29) is 5.91 Å². The van der Waals surface area contributed by atoms with Crippen LogP contribution in [0.1, 0.15) is 18.2 Å². The molecule has 0 aromatic carbocycles. The molecule has 1 N–H and O–H groups in total. The fraction of sp³-hybridized carbons (Fsp3) is 0.200. The second kappa shape index (κ2) is 6.07. The maximum atomic E-state index is 12.5. The van der Waals surface area contributed by atoms with Gasteiger partial charge in [-0.1, -0.05) is 6.07 Å². The fourth-order valence-electron chi connectivity index (χ4n) is 2.17. The third-order valence-corrected chi connectivity index (χ3v) is 3.62. The van der Waals surface area contributed by atoms with Crippen molar-refractivity contribution in [3.05, 3.63) is 53.7 Å². The molecule has 22 heavy (non-hydrogen) atoms. The minimum atomic E-state index is -0.153. The normalized spacial score (nSPS) is 16.4. The first kappa shape index (κ1) is 14.4. The van der Waals surface area contributed by atoms with Crippen LogP contribution in [-0.4, -0.2) is 30.7 Å². The summed E-state index contributed by atoms with van der Waals surface area (Å²) in [6, 6.07) is 5.53. The quantitative estimate of drug-likeness (QED) is 0.685. The molecule has 3 heterocycles. The molecule has 0 atom stereocenters. The molecule has 1 aliphatic heterocycles. The van der Waals surface area contributed by atoms with Gasteiger partial charge >= 0.3 is 0 Å². The Labute approximate surface area is 133 Å². The van der Waals surface area contributed by atoms with Crippen LogP contribution in [0.5, 0.6) is 0 Å². The number of carbonyl (C=O) groups is 1. The van der Waals surface area contributed by atoms with Crippen LogP contribution in [-0.2, 0) is 17.9 Å². The molecule has 2 aromatic heterocycles. The molecule has 0 saturated carbocycles. The molecular weight excluding hydrogens is 298 g/mol. The van der Waals surface area contributed by atoms with Crippen LogP contribution in [0.15, 0.2) is 42.5 Å². The monoisotopic (exact) mass is 313 g/mol. The van der Waals surface area contributed by atoms with E-state index in [0.29, 0.717) is 23.0 Å². The summed E-state index contributed by atoms with van der Waals surface area (Å²) in [5.74, 6) is -0.153. The van der Waals surface area contributed by atoms with Crippen molar-refractivity contribution in [1.29, 1.82) is 0 Å². The maximum absolute atomic E-state index is 12.5. The minimum absolute atomic E-state index is 0.153. The van der Waals surface area contributed by atoms with Crippen molar-refractivity contribution in [2.75, 3.05) is 0 Å². The number of carbonyl (C=O) groups excluding carboxylic acids is 1. The molecule has 0 aliphatic carbocycles. The van der Waals surface area contributed by atoms with Crippen LogP contribution in [0.4, 0.5) is 0 Å². The molecule has 3 rings (SSSR count). The van der Waals surface area contributed by atoms with Gasteiger partial charge in [0.25, 0.3) is 5.91 Å². The van der Waals surface area contributed by atoms with Gasteiger partial charge in [0.15, 0.2) is 5.11 Å². The Balaban J connectivity index is 1.78. The number of pyridine rings is 1. The lowest BCUT2D eigenvalue weighted by atomic mass is 10.2. The van der Waals surface area contributed by atoms with Gasteiger partial charge in [-0.05, 0) is 37.4 Å². The Bertz CT molecular complexity index is 737. The van der Waals surface area contributed by atoms with Crippen molar-refractivity contribution in [1.82, 2.24) is 25.0 Å². The summed E-state index contributed by atoms with van der Waals surface area (Å²) in [5.41, 5.74) is 2.09. The molecule has 1 fully saturated rings. The first-order valence-electron chi connectivity index (χ1n) is 6.94. The van der Waals surface area contributed by atoms with Crippen LogP contribution in [0.25, 0.3) is 6.08 Å². The highest BCUT2D eigenvalue weighted by Crippen LogP contribution is 2.16. The van der Waals surface area contributed by atoms with Crippen molar-refractivity contribution in [2.45, 2.75) is 20.0 Å². The zero-order valence-electron chi connectivity index (χ0n) is 12.1. The number of thiocarbonyl (C=S) groups is 1. The van der Waals surface area contributed by atoms with E-state index in [9.17, 15) is 4.79 Å². The summed E-state index contributed by atoms with van der Waals surface area (Å²) >= 11 is 5.25. The van der Waals surface area contributed by atoms with Crippen molar-refractivity contribution >= 4 is 29.3 Å². The molecule has 1 amide bonds. The molecular formula is C15H15N5OS. The molecule has 112 valence electrons. The van der Waals surface area contributed by atoms with E-state index in [0.717, 1.165) is 12.1 Å². The van der Waals surface area contributed by atoms with Gasteiger partial charge in [-0.25, -0.2) is 0 Å². The van der Waals surface area contributed by atoms with Crippen LogP contribution < -0.4 is 5.32 Å². The van der Waals surface area contributed by atoms with Gasteiger partial charge in [0.1, 0.15) is 5.70 Å². The number of nitrogens with one attached hydrogen (secondary N) is 1. The summed E-state index contributed by atoms with van der Waals surface area (Å²) < 4.78 is 1.82. The number of amides is 1. The number of aryl methyl sites for hydroxylation is 1. The number of hydrogen-bond acceptors (Lipinski definition) is 4. The van der Waals surface area contributed by atoms with Gasteiger partial charge in [-0.15, -0.1) is 0 Å². The van der Waals surface area contributed by atoms with Gasteiger partial charge in [0.2, 0.25) is 0 Å². The predicted octanol–water partition coefficient (Wildman–Crippen LogP) is 1.56. The van der Waals surface area contributed by atoms with Crippen molar-refractivity contribution in [3.63, 3.8) is 0 Å². The SMILES string of the molecule is CCn1cc(CN2C(=O)/C(=C\c3ccccn3)NC2=S)cn1. The molecule has 2 aromatic rings. The zero-order chi connectivity index (χ0) is 15.5. The summed E-state index contributed by atoms with van der Waals surface area (Å²) in [7, 11) is 0. The number of rotatable bonds is 4. The average molecular weight is 313 g/mol. The van der Waals surface area contributed by atoms with Crippen LogP contribution in [0.3, 0.4) is 0 Å². The molecule has 0 unspecified atom stereocenters. The second-order valence-corrected chi connectivity index (χ2v) is 5.23. The van der Waals surface area contributed by atoms with Crippen LogP contribution in [0.2, 0.25) is 0 Å². The summed E-state index contributed by atoms with van der Waals surface area (Å²) in [6.07, 6.45) is 7.04. The smallest absolute Gasteiger partial charge is 0.276 e. The third kappa shape index (κ3) is 2.89. The molecule has 0 spiro atoms. The highest BCUT2D eigenvalue weighted by atomic mass is 32.1. The molecule has 0 radical (unpaired) electrons. The topological polar surface area (TPSA) is 63.1 Å². The predicted molar refractivity (Wildman–Crippen MR) is 86.4 cm³/mol. The van der Waals surface area contributed by atoms with E-state index >= 15 is 0 Å². The molecule has 7 heteroatoms. The molecule has 1 saturated heterocycles. The molecule has 0 bridgehead atoms. The van der Waals surface area contributed by atoms with E-state index in [1.165, 1.54) is 4.90 Å². The molecule has 1 aliphatic rings. The first-order valence-corrected chi connectivity index (χ1v) is 7.35. The first-order chi connectivity index (χ1) is 10.7. The Kier molecular flexibility index (Phi) is 3.97. The van der Waals surface area contributed by atoms with E-state index in [2.05, 4.69) is 15.4 Å². The van der Waals surface area contributed by atoms with Crippen LogP contribution >= 0.6 is 12.2 Å². The zero-order valence-corrected chi connectivity index (χ0v) is 12.9. The number of hydrogen-bond donors (Lipinski definition) is 1. The van der Waals surface area contributed by atoms with E-state index in [1.807, 2.05) is 36.0 Å². The van der Waals surface area contributed by atoms with E-state index < -0.39 is 0 Å². The summed E-state index contributed by atoms with van der Waals surface area (Å²) in [6.45, 7) is 3.21. The second-order valence-electron chi connectivity index (χ2n) is 4.84. The van der Waals surface area contributed by atoms with Crippen LogP contribution in [0, 0.1) is 0 Å². The van der Waals surface area contributed by atoms with Gasteiger partial charge in [0, 0.05) is 24.5 Å². The van der Waals surface area contributed by atoms with E-state index in [4.69, 9.17) is 12.2 Å². The van der Waals surface area contributed by atoms with Gasteiger partial charge in [0.05, 0.1) is 18.4 Å². The number of nitrogens with zero attached hydrogens (tertiary/aromatic N) is 4. The Morgan fingerprint density at radius 1 is 1.41 bits per heavy atom. The number of aromatic nitrogens is 3. The summed E-state index contributed by atoms with van der Waals surface area (Å²) in [4.78, 5) is 18.2. The molecule has 6 nitrogen and oxygen atoms in total. The lowest BCUT2D eigenvalue weighted by Gasteiger charge is -2.12. The van der Waals surface area contributed by atoms with Crippen molar-refractivity contribution in [3.8, 4) is 0 Å². The Morgan fingerprint density at radius 3 is 2.95 bits per heavy atom. The maximum Gasteiger partial charge on any atom is 0.276 e. The van der Waals surface area contributed by atoms with E-state index in [1.54, 1.807) is 18.5 Å². The Morgan fingerprint density at radius 2 is 2.27 bits per heavy atom. The Hall–Kier alpha value is -2.54. The third-order valence-electron chi connectivity index (χ3n) is 3.29. The van der Waals surface area contributed by atoms with Crippen molar-refractivity contribution < 1.29 is 4.79 Å². The average Bonchev–Trinajstić information content (AvgIpc) is 3.09. The minimum Gasteiger partial charge on any atom is -0.328 e. The highest BCUT2D eigenvalue weighted by Gasteiger charge is 2.30. The highest BCUT2D eigenvalue weighted by molar-refractivity contribution is 7.80. The lowest BCUT2D eigenvalue weighted by molar-refractivity contribution is -0.122. The van der Waals surface area contributed by atoms with Gasteiger partial charge in [-0.3, -0.25) is 19.4 Å². The van der Waals surface area contributed by atoms with Gasteiger partial charge < -0.3 is 5.32 Å². The standard InChI is InChI=1S/C15H15N5OS/c1-2-19-9-11(8-17-19)10-20-14(21)13(18-15(20)22)7-12-5-3-4-6-16-12/h3-9H,2,10H2,1H3,(H,18,22)/b13-7+. The fourth-order valence-corrected chi connectivity index (χ4v) is 2.43. The van der Waals surface area contributed by atoms with Gasteiger partial charge in [-0.2, -0.15) is 5.10 Å². The lowest BCUT2D eigenvalue weighted by Crippen LogP contribution is -2.29. The largest absolute Gasteiger partial charge is 0.328 e. The van der Waals surface area contributed by atoms with Crippen molar-refractivity contribution in [2.24, 2.45) is 0 Å². The summed E-state index contributed by atoms with van der Waals surface area (Å²) in [5, 5.41) is 7.55.